The first-order valence-electron chi connectivity index (χ1n) is 10.7. The average molecular weight is 495 g/mol. The van der Waals surface area contributed by atoms with Crippen molar-refractivity contribution in [1.29, 1.82) is 0 Å². The minimum Gasteiger partial charge on any atom is -0.272 e. The first-order chi connectivity index (χ1) is 16.1. The topological polar surface area (TPSA) is 76.3 Å². The second-order valence-corrected chi connectivity index (χ2v) is 10.9. The predicted molar refractivity (Wildman–Crippen MR) is 137 cm³/mol. The first-order valence-corrected chi connectivity index (χ1v) is 13.4. The summed E-state index contributed by atoms with van der Waals surface area (Å²) in [6, 6.07) is 11.7. The van der Waals surface area contributed by atoms with Crippen LogP contribution in [0, 0.1) is 6.92 Å². The van der Waals surface area contributed by atoms with Gasteiger partial charge in [0, 0.05) is 9.75 Å². The van der Waals surface area contributed by atoms with Crippen LogP contribution in [0.1, 0.15) is 33.7 Å². The number of hydrogen-bond acceptors (Lipinski definition) is 7. The number of amides is 1. The highest BCUT2D eigenvalue weighted by Gasteiger charge is 2.23. The number of thiophene rings is 2. The molecule has 0 radical (unpaired) electrons. The van der Waals surface area contributed by atoms with Gasteiger partial charge in [-0.25, -0.2) is 10.4 Å². The molecule has 0 unspecified atom stereocenters. The largest absolute Gasteiger partial charge is 0.272 e. The molecule has 33 heavy (non-hydrogen) atoms. The lowest BCUT2D eigenvalue weighted by Crippen LogP contribution is -2.24. The molecule has 4 aromatic rings. The van der Waals surface area contributed by atoms with Crippen LogP contribution in [0.15, 0.2) is 56.8 Å². The van der Waals surface area contributed by atoms with E-state index in [-0.39, 0.29) is 17.2 Å². The highest BCUT2D eigenvalue weighted by Crippen LogP contribution is 2.35. The van der Waals surface area contributed by atoms with Gasteiger partial charge in [-0.2, -0.15) is 5.10 Å². The lowest BCUT2D eigenvalue weighted by molar-refractivity contribution is -0.118. The van der Waals surface area contributed by atoms with Gasteiger partial charge < -0.3 is 0 Å². The second kappa shape index (κ2) is 9.62. The van der Waals surface area contributed by atoms with Gasteiger partial charge in [-0.05, 0) is 61.7 Å². The molecule has 5 rings (SSSR count). The summed E-state index contributed by atoms with van der Waals surface area (Å²) in [6.07, 6.45) is 5.81. The SMILES string of the molecule is Cc1ccc(-n2c(SCC(=O)N/N=C\c3cccs3)nc3sc4c(c3c2=O)CCCC4)cc1. The maximum Gasteiger partial charge on any atom is 0.267 e. The monoisotopic (exact) mass is 494 g/mol. The molecular weight excluding hydrogens is 472 g/mol. The standard InChI is InChI=1S/C24H22N4O2S3/c1-15-8-10-16(11-9-15)28-23(30)21-18-6-2-3-7-19(18)33-22(21)26-24(28)32-14-20(29)27-25-13-17-5-4-12-31-17/h4-5,8-13H,2-3,6-7,14H2,1H3,(H,27,29)/b25-13-. The molecule has 0 atom stereocenters. The molecule has 9 heteroatoms. The molecule has 0 bridgehead atoms. The molecule has 1 N–H and O–H groups in total. The minimum absolute atomic E-state index is 0.0538. The Kier molecular flexibility index (Phi) is 6.43. The minimum atomic E-state index is -0.247. The Hall–Kier alpha value is -2.75. The summed E-state index contributed by atoms with van der Waals surface area (Å²) in [5, 5.41) is 7.23. The van der Waals surface area contributed by atoms with E-state index in [1.807, 2.05) is 48.7 Å². The van der Waals surface area contributed by atoms with Gasteiger partial charge in [0.15, 0.2) is 5.16 Å². The molecule has 3 aromatic heterocycles. The number of benzene rings is 1. The highest BCUT2D eigenvalue weighted by molar-refractivity contribution is 7.99. The zero-order valence-electron chi connectivity index (χ0n) is 18.0. The average Bonchev–Trinajstić information content (AvgIpc) is 3.46. The van der Waals surface area contributed by atoms with E-state index in [2.05, 4.69) is 10.5 Å². The molecule has 1 amide bonds. The Morgan fingerprint density at radius 1 is 1.24 bits per heavy atom. The number of thioether (sulfide) groups is 1. The number of hydrogen-bond donors (Lipinski definition) is 1. The van der Waals surface area contributed by atoms with Crippen molar-refractivity contribution in [3.63, 3.8) is 0 Å². The highest BCUT2D eigenvalue weighted by atomic mass is 32.2. The zero-order chi connectivity index (χ0) is 22.8. The van der Waals surface area contributed by atoms with E-state index in [9.17, 15) is 9.59 Å². The van der Waals surface area contributed by atoms with Crippen LogP contribution in [0.2, 0.25) is 0 Å². The molecule has 1 aliphatic carbocycles. The van der Waals surface area contributed by atoms with Gasteiger partial charge >= 0.3 is 0 Å². The van der Waals surface area contributed by atoms with Gasteiger partial charge in [-0.3, -0.25) is 14.2 Å². The van der Waals surface area contributed by atoms with Crippen molar-refractivity contribution in [2.24, 2.45) is 5.10 Å². The van der Waals surface area contributed by atoms with Crippen LogP contribution < -0.4 is 11.0 Å². The quantitative estimate of drug-likeness (QED) is 0.178. The van der Waals surface area contributed by atoms with E-state index in [0.29, 0.717) is 5.16 Å². The molecule has 0 spiro atoms. The van der Waals surface area contributed by atoms with Gasteiger partial charge in [0.2, 0.25) is 0 Å². The first kappa shape index (κ1) is 22.1. The summed E-state index contributed by atoms with van der Waals surface area (Å²) < 4.78 is 1.65. The summed E-state index contributed by atoms with van der Waals surface area (Å²) in [5.74, 6) is -0.139. The molecule has 168 valence electrons. The molecule has 0 saturated carbocycles. The van der Waals surface area contributed by atoms with Crippen molar-refractivity contribution in [2.45, 2.75) is 37.8 Å². The zero-order valence-corrected chi connectivity index (χ0v) is 20.5. The van der Waals surface area contributed by atoms with Crippen molar-refractivity contribution in [3.05, 3.63) is 73.0 Å². The van der Waals surface area contributed by atoms with Gasteiger partial charge in [0.05, 0.1) is 23.0 Å². The summed E-state index contributed by atoms with van der Waals surface area (Å²) in [4.78, 5) is 34.0. The fraction of sp³-hybridized carbons (Fsp3) is 0.250. The van der Waals surface area contributed by atoms with Crippen LogP contribution in [0.5, 0.6) is 0 Å². The Labute approximate surface area is 203 Å². The number of nitrogens with one attached hydrogen (secondary N) is 1. The Morgan fingerprint density at radius 3 is 2.85 bits per heavy atom. The van der Waals surface area contributed by atoms with Crippen molar-refractivity contribution in [1.82, 2.24) is 15.0 Å². The predicted octanol–water partition coefficient (Wildman–Crippen LogP) is 4.94. The summed E-state index contributed by atoms with van der Waals surface area (Å²) >= 11 is 4.42. The second-order valence-electron chi connectivity index (χ2n) is 7.86. The molecule has 6 nitrogen and oxygen atoms in total. The van der Waals surface area contributed by atoms with Crippen molar-refractivity contribution in [3.8, 4) is 5.69 Å². The van der Waals surface area contributed by atoms with Crippen LogP contribution in [0.25, 0.3) is 15.9 Å². The third kappa shape index (κ3) is 4.66. The number of carbonyl (C=O) groups excluding carboxylic acids is 1. The van der Waals surface area contributed by atoms with Crippen LogP contribution in [0.3, 0.4) is 0 Å². The molecule has 1 aromatic carbocycles. The molecule has 3 heterocycles. The molecule has 0 aliphatic heterocycles. The van der Waals surface area contributed by atoms with Crippen LogP contribution >= 0.6 is 34.4 Å². The van der Waals surface area contributed by atoms with Crippen molar-refractivity contribution >= 4 is 56.8 Å². The van der Waals surface area contributed by atoms with E-state index < -0.39 is 0 Å². The Balaban J connectivity index is 1.47. The number of rotatable bonds is 6. The maximum absolute atomic E-state index is 13.7. The normalized spacial score (nSPS) is 13.5. The van der Waals surface area contributed by atoms with Crippen LogP contribution in [-0.2, 0) is 17.6 Å². The van der Waals surface area contributed by atoms with E-state index in [0.717, 1.165) is 57.6 Å². The van der Waals surface area contributed by atoms with E-state index in [4.69, 9.17) is 4.98 Å². The molecular formula is C24H22N4O2S3. The van der Waals surface area contributed by atoms with Crippen LogP contribution in [0.4, 0.5) is 0 Å². The number of aromatic nitrogens is 2. The maximum atomic E-state index is 13.7. The number of aryl methyl sites for hydroxylation is 3. The smallest absolute Gasteiger partial charge is 0.267 e. The van der Waals surface area contributed by atoms with Crippen molar-refractivity contribution < 1.29 is 4.79 Å². The lowest BCUT2D eigenvalue weighted by atomic mass is 9.97. The van der Waals surface area contributed by atoms with Gasteiger partial charge in [-0.15, -0.1) is 22.7 Å². The van der Waals surface area contributed by atoms with Gasteiger partial charge in [0.1, 0.15) is 4.83 Å². The van der Waals surface area contributed by atoms with Gasteiger partial charge in [-0.1, -0.05) is 35.5 Å². The Bertz CT molecular complexity index is 1390. The number of fused-ring (bicyclic) bond motifs is 3. The number of hydrazone groups is 1. The molecule has 0 saturated heterocycles. The van der Waals surface area contributed by atoms with Crippen molar-refractivity contribution in [2.75, 3.05) is 5.75 Å². The Morgan fingerprint density at radius 2 is 2.06 bits per heavy atom. The number of nitrogens with zero attached hydrogens (tertiary/aromatic N) is 3. The molecule has 0 fully saturated rings. The fourth-order valence-electron chi connectivity index (χ4n) is 3.90. The summed E-state index contributed by atoms with van der Waals surface area (Å²) in [6.45, 7) is 2.01. The number of carbonyl (C=O) groups is 1. The fourth-order valence-corrected chi connectivity index (χ4v) is 6.59. The van der Waals surface area contributed by atoms with E-state index >= 15 is 0 Å². The third-order valence-electron chi connectivity index (χ3n) is 5.51. The lowest BCUT2D eigenvalue weighted by Gasteiger charge is -2.13. The van der Waals surface area contributed by atoms with E-state index in [1.54, 1.807) is 33.5 Å². The summed E-state index contributed by atoms with van der Waals surface area (Å²) in [5.41, 5.74) is 5.54. The van der Waals surface area contributed by atoms with Gasteiger partial charge in [0.25, 0.3) is 11.5 Å². The van der Waals surface area contributed by atoms with Crippen LogP contribution in [-0.4, -0.2) is 27.4 Å². The molecule has 1 aliphatic rings. The van der Waals surface area contributed by atoms with E-state index in [1.165, 1.54) is 16.6 Å². The summed E-state index contributed by atoms with van der Waals surface area (Å²) in [7, 11) is 0. The third-order valence-corrected chi connectivity index (χ3v) is 8.44.